The second kappa shape index (κ2) is 5.55. The monoisotopic (exact) mass is 315 g/mol. The topological polar surface area (TPSA) is 78.0 Å². The van der Waals surface area contributed by atoms with Gasteiger partial charge in [-0.3, -0.25) is 0 Å². The summed E-state index contributed by atoms with van der Waals surface area (Å²) in [4.78, 5) is 4.84. The molecule has 0 saturated heterocycles. The first-order valence-corrected chi connectivity index (χ1v) is 8.48. The molecule has 0 aliphatic carbocycles. The fraction of sp³-hybridized carbons (Fsp3) is 0.188. The molecule has 0 bridgehead atoms. The summed E-state index contributed by atoms with van der Waals surface area (Å²) in [6, 6.07) is 10.4. The quantitative estimate of drug-likeness (QED) is 0.800. The largest absolute Gasteiger partial charge is 0.330 e. The van der Waals surface area contributed by atoms with E-state index in [-0.39, 0.29) is 9.79 Å². The molecule has 1 aromatic carbocycles. The molecule has 0 aliphatic heterocycles. The van der Waals surface area contributed by atoms with Crippen molar-refractivity contribution in [3.05, 3.63) is 54.4 Å². The fourth-order valence-corrected chi connectivity index (χ4v) is 3.92. The van der Waals surface area contributed by atoms with Crippen LogP contribution in [0.5, 0.6) is 0 Å². The summed E-state index contributed by atoms with van der Waals surface area (Å²) in [5.74, 6) is 0. The Bertz CT molecular complexity index is 912. The van der Waals surface area contributed by atoms with Crippen LogP contribution < -0.4 is 5.73 Å². The predicted octanol–water partition coefficient (Wildman–Crippen LogP) is 2.14. The van der Waals surface area contributed by atoms with Crippen molar-refractivity contribution in [1.82, 2.24) is 9.55 Å². The van der Waals surface area contributed by atoms with Crippen LogP contribution in [0, 0.1) is 6.92 Å². The smallest absolute Gasteiger partial charge is 0.208 e. The Morgan fingerprint density at radius 3 is 2.59 bits per heavy atom. The van der Waals surface area contributed by atoms with Crippen LogP contribution in [0.25, 0.3) is 11.0 Å². The Balaban J connectivity index is 2.23. The zero-order valence-electron chi connectivity index (χ0n) is 12.2. The zero-order valence-corrected chi connectivity index (χ0v) is 13.0. The number of nitrogens with zero attached hydrogens (tertiary/aromatic N) is 2. The summed E-state index contributed by atoms with van der Waals surface area (Å²) in [5.41, 5.74) is 7.26. The van der Waals surface area contributed by atoms with Gasteiger partial charge in [0.25, 0.3) is 0 Å². The number of aromatic nitrogens is 2. The minimum atomic E-state index is -3.58. The number of rotatable bonds is 4. The molecule has 0 aliphatic rings. The van der Waals surface area contributed by atoms with Gasteiger partial charge in [0, 0.05) is 30.9 Å². The van der Waals surface area contributed by atoms with Crippen molar-refractivity contribution in [3.63, 3.8) is 0 Å². The van der Waals surface area contributed by atoms with E-state index in [1.54, 1.807) is 53.4 Å². The molecule has 6 heteroatoms. The van der Waals surface area contributed by atoms with Gasteiger partial charge >= 0.3 is 0 Å². The van der Waals surface area contributed by atoms with E-state index in [1.807, 2.05) is 6.92 Å². The third kappa shape index (κ3) is 2.40. The molecule has 3 aromatic rings. The van der Waals surface area contributed by atoms with Crippen molar-refractivity contribution in [3.8, 4) is 0 Å². The number of benzene rings is 1. The van der Waals surface area contributed by atoms with Crippen molar-refractivity contribution in [1.29, 1.82) is 0 Å². The Morgan fingerprint density at radius 1 is 1.18 bits per heavy atom. The third-order valence-corrected chi connectivity index (χ3v) is 5.39. The highest BCUT2D eigenvalue weighted by Crippen LogP contribution is 2.29. The van der Waals surface area contributed by atoms with E-state index < -0.39 is 9.84 Å². The number of aryl methyl sites for hydroxylation is 1. The van der Waals surface area contributed by atoms with Gasteiger partial charge in [-0.2, -0.15) is 0 Å². The lowest BCUT2D eigenvalue weighted by atomic mass is 10.2. The molecule has 0 radical (unpaired) electrons. The Morgan fingerprint density at radius 2 is 1.91 bits per heavy atom. The lowest BCUT2D eigenvalue weighted by molar-refractivity contribution is 0.596. The van der Waals surface area contributed by atoms with Crippen LogP contribution in [0.4, 0.5) is 0 Å². The fourth-order valence-electron chi connectivity index (χ4n) is 2.46. The van der Waals surface area contributed by atoms with Crippen LogP contribution in [-0.2, 0) is 16.4 Å². The minimum Gasteiger partial charge on any atom is -0.330 e. The summed E-state index contributed by atoms with van der Waals surface area (Å²) in [6.45, 7) is 2.87. The maximum atomic E-state index is 12.9. The van der Waals surface area contributed by atoms with E-state index in [0.717, 1.165) is 5.56 Å². The molecular weight excluding hydrogens is 298 g/mol. The number of nitrogens with two attached hydrogens (primary N) is 1. The van der Waals surface area contributed by atoms with Crippen LogP contribution in [0.15, 0.2) is 58.6 Å². The van der Waals surface area contributed by atoms with Crippen molar-refractivity contribution in [2.75, 3.05) is 6.54 Å². The van der Waals surface area contributed by atoms with E-state index in [1.165, 1.54) is 0 Å². The van der Waals surface area contributed by atoms with Gasteiger partial charge in [-0.15, -0.1) is 0 Å². The van der Waals surface area contributed by atoms with E-state index in [2.05, 4.69) is 4.98 Å². The van der Waals surface area contributed by atoms with E-state index >= 15 is 0 Å². The van der Waals surface area contributed by atoms with Gasteiger partial charge in [0.1, 0.15) is 5.65 Å². The minimum absolute atomic E-state index is 0.271. The van der Waals surface area contributed by atoms with E-state index in [4.69, 9.17) is 5.73 Å². The van der Waals surface area contributed by atoms with Crippen molar-refractivity contribution in [2.24, 2.45) is 5.73 Å². The van der Waals surface area contributed by atoms with Crippen LogP contribution >= 0.6 is 0 Å². The van der Waals surface area contributed by atoms with Crippen molar-refractivity contribution < 1.29 is 8.42 Å². The predicted molar refractivity (Wildman–Crippen MR) is 85.4 cm³/mol. The second-order valence-electron chi connectivity index (χ2n) is 5.17. The lowest BCUT2D eigenvalue weighted by Gasteiger charge is -2.03. The van der Waals surface area contributed by atoms with Gasteiger partial charge in [0.15, 0.2) is 0 Å². The van der Waals surface area contributed by atoms with Crippen LogP contribution in [0.2, 0.25) is 0 Å². The zero-order chi connectivity index (χ0) is 15.7. The van der Waals surface area contributed by atoms with E-state index in [0.29, 0.717) is 24.1 Å². The van der Waals surface area contributed by atoms with Gasteiger partial charge in [-0.25, -0.2) is 13.4 Å². The lowest BCUT2D eigenvalue weighted by Crippen LogP contribution is -2.09. The van der Waals surface area contributed by atoms with Gasteiger partial charge in [0.2, 0.25) is 9.84 Å². The first-order chi connectivity index (χ1) is 10.5. The molecule has 0 saturated carbocycles. The first-order valence-electron chi connectivity index (χ1n) is 7.00. The maximum Gasteiger partial charge on any atom is 0.208 e. The summed E-state index contributed by atoms with van der Waals surface area (Å²) < 4.78 is 27.6. The Kier molecular flexibility index (Phi) is 3.72. The van der Waals surface area contributed by atoms with E-state index in [9.17, 15) is 8.42 Å². The average molecular weight is 315 g/mol. The molecule has 2 heterocycles. The van der Waals surface area contributed by atoms with Crippen molar-refractivity contribution in [2.45, 2.75) is 23.3 Å². The molecule has 2 aromatic heterocycles. The molecule has 114 valence electrons. The first kappa shape index (κ1) is 14.7. The highest BCUT2D eigenvalue weighted by atomic mass is 32.2. The average Bonchev–Trinajstić information content (AvgIpc) is 2.88. The summed E-state index contributed by atoms with van der Waals surface area (Å²) in [5, 5.41) is 0.622. The van der Waals surface area contributed by atoms with Gasteiger partial charge < -0.3 is 10.3 Å². The highest BCUT2D eigenvalue weighted by molar-refractivity contribution is 7.91. The Hall–Kier alpha value is -2.18. The van der Waals surface area contributed by atoms with Crippen LogP contribution in [-0.4, -0.2) is 24.5 Å². The van der Waals surface area contributed by atoms with Gasteiger partial charge in [-0.05, 0) is 31.2 Å². The van der Waals surface area contributed by atoms with Crippen molar-refractivity contribution >= 4 is 20.9 Å². The number of pyridine rings is 1. The number of fused-ring (bicyclic) bond motifs is 1. The molecular formula is C16H17N3O2S. The van der Waals surface area contributed by atoms with Crippen LogP contribution in [0.3, 0.4) is 0 Å². The Labute approximate surface area is 129 Å². The summed E-state index contributed by atoms with van der Waals surface area (Å²) in [7, 11) is -3.58. The number of hydrogen-bond donors (Lipinski definition) is 1. The molecule has 2 N–H and O–H groups in total. The standard InChI is InChI=1S/C16H17N3O2S/c1-12-4-6-13(7-5-12)22(20,21)15-11-19(10-8-17)16-14(15)3-2-9-18-16/h2-7,9,11H,8,10,17H2,1H3. The maximum absolute atomic E-state index is 12.9. The molecule has 3 rings (SSSR count). The van der Waals surface area contributed by atoms with Gasteiger partial charge in [-0.1, -0.05) is 17.7 Å². The SMILES string of the molecule is Cc1ccc(S(=O)(=O)c2cn(CCN)c3ncccc23)cc1. The molecule has 0 fully saturated rings. The molecule has 0 amide bonds. The normalized spacial score (nSPS) is 11.9. The van der Waals surface area contributed by atoms with Gasteiger partial charge in [0.05, 0.1) is 9.79 Å². The molecule has 0 atom stereocenters. The summed E-state index contributed by atoms with van der Waals surface area (Å²) >= 11 is 0. The number of sulfone groups is 1. The highest BCUT2D eigenvalue weighted by Gasteiger charge is 2.23. The molecule has 22 heavy (non-hydrogen) atoms. The summed E-state index contributed by atoms with van der Waals surface area (Å²) in [6.07, 6.45) is 3.28. The molecule has 5 nitrogen and oxygen atoms in total. The number of hydrogen-bond acceptors (Lipinski definition) is 4. The molecule has 0 unspecified atom stereocenters. The molecule has 0 spiro atoms. The third-order valence-electron chi connectivity index (χ3n) is 3.59. The second-order valence-corrected chi connectivity index (χ2v) is 7.08. The van der Waals surface area contributed by atoms with Crippen LogP contribution in [0.1, 0.15) is 5.56 Å².